The van der Waals surface area contributed by atoms with Gasteiger partial charge in [0.15, 0.2) is 5.96 Å². The second-order valence-corrected chi connectivity index (χ2v) is 4.93. The molecule has 0 amide bonds. The third kappa shape index (κ3) is 2.15. The van der Waals surface area contributed by atoms with Crippen molar-refractivity contribution in [3.8, 4) is 0 Å². The minimum atomic E-state index is 0.521. The highest BCUT2D eigenvalue weighted by molar-refractivity contribution is 7.10. The van der Waals surface area contributed by atoms with E-state index in [9.17, 15) is 0 Å². The molecule has 0 aliphatic carbocycles. The molecular weight excluding hydrogens is 206 g/mol. The SMILES string of the molecule is CCc1csc(C2CN=C(N)N(C)C2)c1. The Balaban J connectivity index is 2.12. The lowest BCUT2D eigenvalue weighted by molar-refractivity contribution is 0.425. The Kier molecular flexibility index (Phi) is 2.95. The van der Waals surface area contributed by atoms with Gasteiger partial charge in [-0.05, 0) is 23.4 Å². The van der Waals surface area contributed by atoms with Crippen LogP contribution in [-0.4, -0.2) is 31.0 Å². The average Bonchev–Trinajstić information content (AvgIpc) is 2.70. The zero-order valence-electron chi connectivity index (χ0n) is 9.23. The second kappa shape index (κ2) is 4.23. The molecule has 3 nitrogen and oxygen atoms in total. The van der Waals surface area contributed by atoms with Gasteiger partial charge in [0.1, 0.15) is 0 Å². The summed E-state index contributed by atoms with van der Waals surface area (Å²) in [6.45, 7) is 4.01. The zero-order valence-corrected chi connectivity index (χ0v) is 10.0. The van der Waals surface area contributed by atoms with Gasteiger partial charge in [-0.2, -0.15) is 0 Å². The van der Waals surface area contributed by atoms with Crippen molar-refractivity contribution < 1.29 is 0 Å². The molecule has 0 aromatic carbocycles. The summed E-state index contributed by atoms with van der Waals surface area (Å²) < 4.78 is 0. The standard InChI is InChI=1S/C11H17N3S/c1-3-8-4-10(15-7-8)9-5-13-11(12)14(2)6-9/h4,7,9H,3,5-6H2,1-2H3,(H2,12,13). The number of guanidine groups is 1. The zero-order chi connectivity index (χ0) is 10.8. The number of thiophene rings is 1. The first-order valence-electron chi connectivity index (χ1n) is 5.29. The lowest BCUT2D eigenvalue weighted by Gasteiger charge is -2.28. The number of aryl methyl sites for hydroxylation is 1. The molecule has 1 aromatic heterocycles. The van der Waals surface area contributed by atoms with Crippen LogP contribution in [0.25, 0.3) is 0 Å². The highest BCUT2D eigenvalue weighted by Gasteiger charge is 2.20. The summed E-state index contributed by atoms with van der Waals surface area (Å²) in [7, 11) is 2.00. The van der Waals surface area contributed by atoms with E-state index in [0.29, 0.717) is 11.9 Å². The van der Waals surface area contributed by atoms with E-state index in [1.807, 2.05) is 23.3 Å². The molecule has 2 heterocycles. The van der Waals surface area contributed by atoms with Crippen molar-refractivity contribution in [2.45, 2.75) is 19.3 Å². The molecule has 1 unspecified atom stereocenters. The van der Waals surface area contributed by atoms with Crippen LogP contribution in [0, 0.1) is 0 Å². The number of nitrogens with two attached hydrogens (primary N) is 1. The first kappa shape index (κ1) is 10.5. The Bertz CT molecular complexity index is 370. The van der Waals surface area contributed by atoms with Gasteiger partial charge in [0.05, 0.1) is 6.54 Å². The minimum Gasteiger partial charge on any atom is -0.370 e. The van der Waals surface area contributed by atoms with Crippen LogP contribution in [0.2, 0.25) is 0 Å². The first-order valence-corrected chi connectivity index (χ1v) is 6.17. The summed E-state index contributed by atoms with van der Waals surface area (Å²) in [5, 5.41) is 2.25. The molecule has 1 atom stereocenters. The summed E-state index contributed by atoms with van der Waals surface area (Å²) in [6.07, 6.45) is 1.12. The van der Waals surface area contributed by atoms with E-state index in [1.165, 1.54) is 10.4 Å². The molecule has 0 saturated carbocycles. The van der Waals surface area contributed by atoms with Gasteiger partial charge in [-0.1, -0.05) is 6.92 Å². The van der Waals surface area contributed by atoms with Gasteiger partial charge in [0, 0.05) is 24.4 Å². The van der Waals surface area contributed by atoms with Gasteiger partial charge in [0.25, 0.3) is 0 Å². The van der Waals surface area contributed by atoms with Crippen molar-refractivity contribution >= 4 is 17.3 Å². The average molecular weight is 223 g/mol. The number of nitrogens with zero attached hydrogens (tertiary/aromatic N) is 2. The first-order chi connectivity index (χ1) is 7.20. The van der Waals surface area contributed by atoms with Crippen LogP contribution in [0.1, 0.15) is 23.3 Å². The largest absolute Gasteiger partial charge is 0.370 e. The second-order valence-electron chi connectivity index (χ2n) is 3.99. The summed E-state index contributed by atoms with van der Waals surface area (Å²) >= 11 is 1.85. The topological polar surface area (TPSA) is 41.6 Å². The van der Waals surface area contributed by atoms with Gasteiger partial charge in [0.2, 0.25) is 0 Å². The van der Waals surface area contributed by atoms with E-state index in [2.05, 4.69) is 23.4 Å². The van der Waals surface area contributed by atoms with Gasteiger partial charge >= 0.3 is 0 Å². The Hall–Kier alpha value is -1.03. The number of aliphatic imine (C=N–C) groups is 1. The lowest BCUT2D eigenvalue weighted by Crippen LogP contribution is -2.41. The molecule has 1 aliphatic heterocycles. The molecule has 0 saturated heterocycles. The maximum Gasteiger partial charge on any atom is 0.191 e. The number of hydrogen-bond donors (Lipinski definition) is 1. The van der Waals surface area contributed by atoms with E-state index in [4.69, 9.17) is 5.73 Å². The fourth-order valence-corrected chi connectivity index (χ4v) is 2.86. The molecule has 1 aliphatic rings. The summed E-state index contributed by atoms with van der Waals surface area (Å²) in [5.41, 5.74) is 7.16. The van der Waals surface area contributed by atoms with Crippen molar-refractivity contribution in [3.63, 3.8) is 0 Å². The van der Waals surface area contributed by atoms with E-state index >= 15 is 0 Å². The Labute approximate surface area is 94.6 Å². The van der Waals surface area contributed by atoms with E-state index in [-0.39, 0.29) is 0 Å². The van der Waals surface area contributed by atoms with E-state index in [1.54, 1.807) is 0 Å². The molecule has 2 rings (SSSR count). The van der Waals surface area contributed by atoms with Crippen molar-refractivity contribution in [2.24, 2.45) is 10.7 Å². The van der Waals surface area contributed by atoms with Crippen molar-refractivity contribution in [1.82, 2.24) is 4.90 Å². The molecular formula is C11H17N3S. The van der Waals surface area contributed by atoms with Gasteiger partial charge in [-0.3, -0.25) is 4.99 Å². The van der Waals surface area contributed by atoms with Crippen molar-refractivity contribution in [3.05, 3.63) is 21.9 Å². The van der Waals surface area contributed by atoms with Gasteiger partial charge < -0.3 is 10.6 Å². The van der Waals surface area contributed by atoms with Gasteiger partial charge in [-0.25, -0.2) is 0 Å². The Morgan fingerprint density at radius 2 is 2.47 bits per heavy atom. The molecule has 0 bridgehead atoms. The molecule has 2 N–H and O–H groups in total. The maximum absolute atomic E-state index is 5.73. The van der Waals surface area contributed by atoms with Crippen molar-refractivity contribution in [1.29, 1.82) is 0 Å². The number of likely N-dealkylation sites (N-methyl/N-ethyl adjacent to an activating group) is 1. The third-order valence-corrected chi connectivity index (χ3v) is 3.99. The summed E-state index contributed by atoms with van der Waals surface area (Å²) in [5.74, 6) is 1.19. The summed E-state index contributed by atoms with van der Waals surface area (Å²) in [6, 6.07) is 2.31. The normalized spacial score (nSPS) is 21.6. The molecule has 0 spiro atoms. The van der Waals surface area contributed by atoms with Crippen LogP contribution in [0.15, 0.2) is 16.4 Å². The predicted octanol–water partition coefficient (Wildman–Crippen LogP) is 1.65. The van der Waals surface area contributed by atoms with Crippen molar-refractivity contribution in [2.75, 3.05) is 20.1 Å². The fraction of sp³-hybridized carbons (Fsp3) is 0.545. The van der Waals surface area contributed by atoms with Crippen LogP contribution in [0.5, 0.6) is 0 Å². The lowest BCUT2D eigenvalue weighted by atomic mass is 10.1. The molecule has 1 aromatic rings. The number of rotatable bonds is 2. The highest BCUT2D eigenvalue weighted by Crippen LogP contribution is 2.26. The third-order valence-electron chi connectivity index (χ3n) is 2.84. The van der Waals surface area contributed by atoms with Crippen LogP contribution in [0.4, 0.5) is 0 Å². The highest BCUT2D eigenvalue weighted by atomic mass is 32.1. The van der Waals surface area contributed by atoms with E-state index in [0.717, 1.165) is 19.5 Å². The fourth-order valence-electron chi connectivity index (χ4n) is 1.78. The maximum atomic E-state index is 5.73. The molecule has 82 valence electrons. The smallest absolute Gasteiger partial charge is 0.191 e. The van der Waals surface area contributed by atoms with Crippen LogP contribution >= 0.6 is 11.3 Å². The quantitative estimate of drug-likeness (QED) is 0.828. The summed E-state index contributed by atoms with van der Waals surface area (Å²) in [4.78, 5) is 7.80. The van der Waals surface area contributed by atoms with E-state index < -0.39 is 0 Å². The molecule has 0 radical (unpaired) electrons. The van der Waals surface area contributed by atoms with Gasteiger partial charge in [-0.15, -0.1) is 11.3 Å². The van der Waals surface area contributed by atoms with Crippen LogP contribution < -0.4 is 5.73 Å². The number of hydrogen-bond acceptors (Lipinski definition) is 4. The molecule has 0 fully saturated rings. The Morgan fingerprint density at radius 3 is 3.07 bits per heavy atom. The Morgan fingerprint density at radius 1 is 1.67 bits per heavy atom. The minimum absolute atomic E-state index is 0.521. The van der Waals surface area contributed by atoms with Crippen LogP contribution in [-0.2, 0) is 6.42 Å². The predicted molar refractivity (Wildman–Crippen MR) is 65.6 cm³/mol. The molecule has 4 heteroatoms. The van der Waals surface area contributed by atoms with Crippen LogP contribution in [0.3, 0.4) is 0 Å². The monoisotopic (exact) mass is 223 g/mol. The molecule has 15 heavy (non-hydrogen) atoms.